The van der Waals surface area contributed by atoms with Crippen LogP contribution in [0.5, 0.6) is 0 Å². The molecule has 25 heavy (non-hydrogen) atoms. The van der Waals surface area contributed by atoms with Crippen molar-refractivity contribution in [2.45, 2.75) is 20.4 Å². The van der Waals surface area contributed by atoms with Gasteiger partial charge in [-0.05, 0) is 32.0 Å². The van der Waals surface area contributed by atoms with Crippen LogP contribution in [0.2, 0.25) is 0 Å². The number of carbonyl (C=O) groups is 1. The van der Waals surface area contributed by atoms with Gasteiger partial charge in [-0.2, -0.15) is 4.31 Å². The third-order valence-electron chi connectivity index (χ3n) is 4.69. The molecule has 2 aromatic rings. The predicted molar refractivity (Wildman–Crippen MR) is 94.0 cm³/mol. The van der Waals surface area contributed by atoms with Crippen molar-refractivity contribution in [2.24, 2.45) is 0 Å². The maximum atomic E-state index is 12.9. The number of hydrogen-bond donors (Lipinski definition) is 0. The Morgan fingerprint density at radius 1 is 1.20 bits per heavy atom. The zero-order chi connectivity index (χ0) is 18.2. The molecule has 1 amide bonds. The maximum Gasteiger partial charge on any atom is 0.255 e. The van der Waals surface area contributed by atoms with Crippen LogP contribution < -0.4 is 0 Å². The first-order valence-corrected chi connectivity index (χ1v) is 10.1. The highest BCUT2D eigenvalue weighted by Crippen LogP contribution is 2.20. The van der Waals surface area contributed by atoms with Gasteiger partial charge < -0.3 is 13.9 Å². The van der Waals surface area contributed by atoms with Gasteiger partial charge in [0.05, 0.1) is 24.6 Å². The van der Waals surface area contributed by atoms with Crippen LogP contribution in [0.3, 0.4) is 0 Å². The number of piperazine rings is 1. The monoisotopic (exact) mass is 365 g/mol. The van der Waals surface area contributed by atoms with E-state index < -0.39 is 10.0 Å². The third-order valence-corrected chi connectivity index (χ3v) is 6.00. The molecule has 0 aliphatic carbocycles. The van der Waals surface area contributed by atoms with Crippen molar-refractivity contribution < 1.29 is 17.6 Å². The number of aromatic nitrogens is 1. The van der Waals surface area contributed by atoms with E-state index in [9.17, 15) is 13.2 Å². The van der Waals surface area contributed by atoms with Crippen molar-refractivity contribution in [3.63, 3.8) is 0 Å². The zero-order valence-electron chi connectivity index (χ0n) is 14.7. The number of rotatable bonds is 4. The van der Waals surface area contributed by atoms with Crippen LogP contribution in [-0.4, -0.2) is 60.5 Å². The molecule has 1 aliphatic rings. The van der Waals surface area contributed by atoms with Crippen molar-refractivity contribution in [2.75, 3.05) is 32.4 Å². The summed E-state index contributed by atoms with van der Waals surface area (Å²) in [5.74, 6) is 0.787. The summed E-state index contributed by atoms with van der Waals surface area (Å²) >= 11 is 0. The molecule has 7 nitrogen and oxygen atoms in total. The average molecular weight is 365 g/mol. The normalized spacial score (nSPS) is 16.4. The van der Waals surface area contributed by atoms with Gasteiger partial charge in [-0.15, -0.1) is 0 Å². The zero-order valence-corrected chi connectivity index (χ0v) is 15.5. The van der Waals surface area contributed by atoms with Gasteiger partial charge in [0.2, 0.25) is 10.0 Å². The topological polar surface area (TPSA) is 75.8 Å². The van der Waals surface area contributed by atoms with Gasteiger partial charge in [0.25, 0.3) is 5.91 Å². The smallest absolute Gasteiger partial charge is 0.255 e. The number of hydrogen-bond acceptors (Lipinski definition) is 4. The van der Waals surface area contributed by atoms with Crippen LogP contribution >= 0.6 is 0 Å². The molecule has 3 heterocycles. The van der Waals surface area contributed by atoms with Gasteiger partial charge in [-0.1, -0.05) is 0 Å². The highest BCUT2D eigenvalue weighted by molar-refractivity contribution is 7.88. The van der Waals surface area contributed by atoms with Gasteiger partial charge in [0.1, 0.15) is 5.76 Å². The Kier molecular flexibility index (Phi) is 4.75. The lowest BCUT2D eigenvalue weighted by atomic mass is 10.2. The second-order valence-electron chi connectivity index (χ2n) is 6.40. The fourth-order valence-corrected chi connectivity index (χ4v) is 4.04. The molecule has 0 radical (unpaired) electrons. The van der Waals surface area contributed by atoms with Gasteiger partial charge in [0, 0.05) is 37.6 Å². The molecule has 1 aliphatic heterocycles. The highest BCUT2D eigenvalue weighted by atomic mass is 32.2. The highest BCUT2D eigenvalue weighted by Gasteiger charge is 2.28. The van der Waals surface area contributed by atoms with Crippen LogP contribution in [0, 0.1) is 13.8 Å². The van der Waals surface area contributed by atoms with E-state index in [1.165, 1.54) is 10.6 Å². The van der Waals surface area contributed by atoms with E-state index in [0.717, 1.165) is 17.1 Å². The van der Waals surface area contributed by atoms with E-state index in [4.69, 9.17) is 4.42 Å². The van der Waals surface area contributed by atoms with E-state index >= 15 is 0 Å². The second-order valence-corrected chi connectivity index (χ2v) is 8.39. The number of aryl methyl sites for hydroxylation is 1. The lowest BCUT2D eigenvalue weighted by molar-refractivity contribution is 0.0697. The van der Waals surface area contributed by atoms with E-state index in [1.807, 2.05) is 32.0 Å². The Bertz CT molecular complexity index is 860. The average Bonchev–Trinajstić information content (AvgIpc) is 3.17. The molecule has 136 valence electrons. The summed E-state index contributed by atoms with van der Waals surface area (Å²) in [5.41, 5.74) is 2.55. The molecule has 0 saturated carbocycles. The van der Waals surface area contributed by atoms with Crippen LogP contribution in [0.15, 0.2) is 28.9 Å². The summed E-state index contributed by atoms with van der Waals surface area (Å²) in [5, 5.41) is 0. The molecule has 0 bridgehead atoms. The quantitative estimate of drug-likeness (QED) is 0.822. The van der Waals surface area contributed by atoms with Gasteiger partial charge in [0.15, 0.2) is 0 Å². The molecule has 0 spiro atoms. The molecular formula is C17H23N3O4S. The number of amides is 1. The summed E-state index contributed by atoms with van der Waals surface area (Å²) in [4.78, 5) is 14.6. The van der Waals surface area contributed by atoms with Gasteiger partial charge in [-0.3, -0.25) is 4.79 Å². The van der Waals surface area contributed by atoms with E-state index in [-0.39, 0.29) is 5.91 Å². The van der Waals surface area contributed by atoms with Crippen molar-refractivity contribution in [3.8, 4) is 0 Å². The second kappa shape index (κ2) is 6.68. The van der Waals surface area contributed by atoms with Crippen LogP contribution in [-0.2, 0) is 16.6 Å². The summed E-state index contributed by atoms with van der Waals surface area (Å²) in [6.07, 6.45) is 2.84. The minimum Gasteiger partial charge on any atom is -0.467 e. The number of sulfonamides is 1. The van der Waals surface area contributed by atoms with Gasteiger partial charge >= 0.3 is 0 Å². The van der Waals surface area contributed by atoms with Crippen LogP contribution in [0.1, 0.15) is 27.5 Å². The fraction of sp³-hybridized carbons (Fsp3) is 0.471. The van der Waals surface area contributed by atoms with Crippen LogP contribution in [0.4, 0.5) is 0 Å². The lowest BCUT2D eigenvalue weighted by Crippen LogP contribution is -2.50. The number of nitrogens with zero attached hydrogens (tertiary/aromatic N) is 3. The minimum atomic E-state index is -3.20. The molecule has 1 fully saturated rings. The molecule has 0 atom stereocenters. The molecule has 2 aromatic heterocycles. The first-order chi connectivity index (χ1) is 11.8. The molecular weight excluding hydrogens is 342 g/mol. The Hall–Kier alpha value is -2.06. The Balaban J connectivity index is 1.75. The SMILES string of the molecule is Cc1cc(C(=O)N2CCN(S(C)(=O)=O)CC2)c(C)n1Cc1ccco1. The van der Waals surface area contributed by atoms with E-state index in [0.29, 0.717) is 38.3 Å². The Labute approximate surface area is 147 Å². The molecule has 8 heteroatoms. The first kappa shape index (κ1) is 17.8. The van der Waals surface area contributed by atoms with Crippen molar-refractivity contribution in [1.82, 2.24) is 13.8 Å². The lowest BCUT2D eigenvalue weighted by Gasteiger charge is -2.33. The minimum absolute atomic E-state index is 0.0491. The van der Waals surface area contributed by atoms with E-state index in [2.05, 4.69) is 4.57 Å². The van der Waals surface area contributed by atoms with Crippen LogP contribution in [0.25, 0.3) is 0 Å². The largest absolute Gasteiger partial charge is 0.467 e. The molecule has 3 rings (SSSR count). The Morgan fingerprint density at radius 2 is 1.88 bits per heavy atom. The van der Waals surface area contributed by atoms with Gasteiger partial charge in [-0.25, -0.2) is 8.42 Å². The Morgan fingerprint density at radius 3 is 2.44 bits per heavy atom. The molecule has 0 aromatic carbocycles. The summed E-state index contributed by atoms with van der Waals surface area (Å²) < 4.78 is 32.1. The van der Waals surface area contributed by atoms with Crippen molar-refractivity contribution in [3.05, 3.63) is 47.2 Å². The number of carbonyl (C=O) groups excluding carboxylic acids is 1. The third kappa shape index (κ3) is 3.64. The fourth-order valence-electron chi connectivity index (χ4n) is 3.21. The predicted octanol–water partition coefficient (Wildman–Crippen LogP) is 1.46. The number of furan rings is 1. The summed E-state index contributed by atoms with van der Waals surface area (Å²) in [7, 11) is -3.20. The summed E-state index contributed by atoms with van der Waals surface area (Å²) in [6.45, 7) is 5.98. The molecule has 1 saturated heterocycles. The maximum absolute atomic E-state index is 12.9. The van der Waals surface area contributed by atoms with Crippen molar-refractivity contribution in [1.29, 1.82) is 0 Å². The molecule has 0 unspecified atom stereocenters. The summed E-state index contributed by atoms with van der Waals surface area (Å²) in [6, 6.07) is 5.64. The molecule has 0 N–H and O–H groups in total. The van der Waals surface area contributed by atoms with E-state index in [1.54, 1.807) is 11.2 Å². The first-order valence-electron chi connectivity index (χ1n) is 8.21. The van der Waals surface area contributed by atoms with Crippen molar-refractivity contribution >= 4 is 15.9 Å². The standard InChI is InChI=1S/C17H23N3O4S/c1-13-11-16(14(2)20(13)12-15-5-4-10-24-15)17(21)18-6-8-19(9-7-18)25(3,22)23/h4-5,10-11H,6-9,12H2,1-3H3.